The zero-order valence-corrected chi connectivity index (χ0v) is 13.5. The molecule has 0 fully saturated rings. The minimum atomic E-state index is -0.166. The first-order valence-electron chi connectivity index (χ1n) is 7.53. The van der Waals surface area contributed by atoms with Crippen molar-refractivity contribution in [2.75, 3.05) is 5.32 Å². The van der Waals surface area contributed by atoms with Crippen molar-refractivity contribution in [2.24, 2.45) is 10.2 Å². The zero-order valence-electron chi connectivity index (χ0n) is 13.5. The second-order valence-corrected chi connectivity index (χ2v) is 5.00. The summed E-state index contributed by atoms with van der Waals surface area (Å²) in [5.74, 6) is -0.166. The Hall–Kier alpha value is -3.27. The largest absolute Gasteiger partial charge is 0.322 e. The Kier molecular flexibility index (Phi) is 6.41. The van der Waals surface area contributed by atoms with Crippen LogP contribution in [0, 0.1) is 0 Å². The number of amides is 1. The molecule has 0 heterocycles. The van der Waals surface area contributed by atoms with Crippen molar-refractivity contribution in [1.82, 2.24) is 0 Å². The predicted octanol–water partition coefficient (Wildman–Crippen LogP) is 5.43. The number of para-hydroxylation sites is 1. The average Bonchev–Trinajstić information content (AvgIpc) is 2.63. The van der Waals surface area contributed by atoms with Crippen molar-refractivity contribution in [3.05, 3.63) is 96.7 Å². The maximum Gasteiger partial charge on any atom is 0.251 e. The highest BCUT2D eigenvalue weighted by Gasteiger charge is 2.03. The van der Waals surface area contributed by atoms with Gasteiger partial charge in [-0.3, -0.25) is 4.79 Å². The Balaban J connectivity index is 2.04. The van der Waals surface area contributed by atoms with E-state index in [0.29, 0.717) is 11.3 Å². The minimum Gasteiger partial charge on any atom is -0.322 e. The van der Waals surface area contributed by atoms with E-state index in [1.54, 1.807) is 25.2 Å². The Morgan fingerprint density at radius 1 is 1.00 bits per heavy atom. The van der Waals surface area contributed by atoms with E-state index in [2.05, 4.69) is 22.1 Å². The Morgan fingerprint density at radius 2 is 1.62 bits per heavy atom. The van der Waals surface area contributed by atoms with E-state index in [4.69, 9.17) is 0 Å². The van der Waals surface area contributed by atoms with Crippen LogP contribution in [-0.4, -0.2) is 5.91 Å². The van der Waals surface area contributed by atoms with Crippen LogP contribution in [-0.2, 0) is 4.79 Å². The highest BCUT2D eigenvalue weighted by molar-refractivity contribution is 6.03. The molecule has 0 spiro atoms. The fourth-order valence-corrected chi connectivity index (χ4v) is 1.79. The number of hydrogen-bond acceptors (Lipinski definition) is 3. The first kappa shape index (κ1) is 17.1. The Labute approximate surface area is 141 Å². The first-order chi connectivity index (χ1) is 11.7. The molecule has 0 aliphatic rings. The molecule has 1 amide bonds. The second kappa shape index (κ2) is 9.00. The fraction of sp³-hybridized carbons (Fsp3) is 0.0500. The molecule has 1 N–H and O–H groups in total. The molecule has 0 aliphatic heterocycles. The number of carbonyl (C=O) groups excluding carboxylic acids is 1. The Bertz CT molecular complexity index is 775. The van der Waals surface area contributed by atoms with Gasteiger partial charge in [0.25, 0.3) is 5.91 Å². The van der Waals surface area contributed by atoms with Crippen LogP contribution in [0.3, 0.4) is 0 Å². The van der Waals surface area contributed by atoms with Crippen LogP contribution in [0.25, 0.3) is 0 Å². The van der Waals surface area contributed by atoms with Gasteiger partial charge in [0.15, 0.2) is 0 Å². The lowest BCUT2D eigenvalue weighted by Crippen LogP contribution is -2.12. The van der Waals surface area contributed by atoms with Crippen LogP contribution in [0.1, 0.15) is 6.92 Å². The van der Waals surface area contributed by atoms with Gasteiger partial charge in [-0.25, -0.2) is 0 Å². The van der Waals surface area contributed by atoms with Crippen molar-refractivity contribution in [3.63, 3.8) is 0 Å². The monoisotopic (exact) mass is 317 g/mol. The average molecular weight is 317 g/mol. The van der Waals surface area contributed by atoms with Crippen LogP contribution < -0.4 is 5.32 Å². The maximum atomic E-state index is 12.1. The maximum absolute atomic E-state index is 12.1. The van der Waals surface area contributed by atoms with Gasteiger partial charge in [-0.15, -0.1) is 0 Å². The van der Waals surface area contributed by atoms with Gasteiger partial charge >= 0.3 is 0 Å². The van der Waals surface area contributed by atoms with Gasteiger partial charge in [0.05, 0.1) is 11.4 Å². The summed E-state index contributed by atoms with van der Waals surface area (Å²) in [6.45, 7) is 5.45. The summed E-state index contributed by atoms with van der Waals surface area (Å²) in [7, 11) is 0. The number of hydrogen-bond donors (Lipinski definition) is 1. The summed E-state index contributed by atoms with van der Waals surface area (Å²) in [5, 5.41) is 11.1. The molecule has 0 aliphatic carbocycles. The summed E-state index contributed by atoms with van der Waals surface area (Å²) in [4.78, 5) is 12.1. The van der Waals surface area contributed by atoms with Crippen molar-refractivity contribution in [1.29, 1.82) is 0 Å². The van der Waals surface area contributed by atoms with Gasteiger partial charge in [0.1, 0.15) is 0 Å². The van der Waals surface area contributed by atoms with Crippen molar-refractivity contribution in [3.8, 4) is 0 Å². The molecule has 4 heteroatoms. The van der Waals surface area contributed by atoms with E-state index in [0.717, 1.165) is 11.4 Å². The predicted molar refractivity (Wildman–Crippen MR) is 98.1 cm³/mol. The van der Waals surface area contributed by atoms with Gasteiger partial charge < -0.3 is 5.32 Å². The minimum absolute atomic E-state index is 0.166. The van der Waals surface area contributed by atoms with Crippen LogP contribution in [0.2, 0.25) is 0 Å². The highest BCUT2D eigenvalue weighted by atomic mass is 16.1. The molecule has 0 saturated heterocycles. The van der Waals surface area contributed by atoms with Gasteiger partial charge in [0.2, 0.25) is 0 Å². The van der Waals surface area contributed by atoms with Crippen molar-refractivity contribution in [2.45, 2.75) is 6.92 Å². The lowest BCUT2D eigenvalue weighted by Gasteiger charge is -2.04. The van der Waals surface area contributed by atoms with Crippen LogP contribution >= 0.6 is 0 Å². The van der Waals surface area contributed by atoms with Gasteiger partial charge in [-0.05, 0) is 43.3 Å². The van der Waals surface area contributed by atoms with Crippen molar-refractivity contribution < 1.29 is 4.79 Å². The number of allylic oxidation sites excluding steroid dienone is 3. The number of rotatable bonds is 6. The van der Waals surface area contributed by atoms with E-state index in [1.165, 1.54) is 0 Å². The normalized spacial score (nSPS) is 12.2. The standard InChI is InChI=1S/C20H19N3O/c1-3-17(22-23-19-12-8-5-9-13-19)15-14-16(2)20(24)21-18-10-6-4-7-11-18/h3-15H,1H2,2H3,(H,21,24)/b16-14+,17-15+,23-22?. The van der Waals surface area contributed by atoms with Gasteiger partial charge in [0, 0.05) is 11.3 Å². The molecule has 0 radical (unpaired) electrons. The van der Waals surface area contributed by atoms with E-state index >= 15 is 0 Å². The summed E-state index contributed by atoms with van der Waals surface area (Å²) in [6.07, 6.45) is 4.99. The topological polar surface area (TPSA) is 53.8 Å². The molecule has 2 aromatic rings. The summed E-state index contributed by atoms with van der Waals surface area (Å²) >= 11 is 0. The molecule has 0 saturated carbocycles. The number of azo groups is 1. The molecule has 2 rings (SSSR count). The van der Waals surface area contributed by atoms with E-state index in [-0.39, 0.29) is 5.91 Å². The van der Waals surface area contributed by atoms with E-state index < -0.39 is 0 Å². The molecular weight excluding hydrogens is 298 g/mol. The molecule has 120 valence electrons. The molecule has 0 unspecified atom stereocenters. The molecule has 24 heavy (non-hydrogen) atoms. The quantitative estimate of drug-likeness (QED) is 0.431. The summed E-state index contributed by atoms with van der Waals surface area (Å²) < 4.78 is 0. The lowest BCUT2D eigenvalue weighted by molar-refractivity contribution is -0.112. The summed E-state index contributed by atoms with van der Waals surface area (Å²) in [6, 6.07) is 18.7. The number of benzene rings is 2. The van der Waals surface area contributed by atoms with Gasteiger partial charge in [-0.1, -0.05) is 49.1 Å². The number of carbonyl (C=O) groups is 1. The molecule has 0 bridgehead atoms. The number of nitrogens with zero attached hydrogens (tertiary/aromatic N) is 2. The Morgan fingerprint density at radius 3 is 2.25 bits per heavy atom. The molecule has 0 atom stereocenters. The SMILES string of the molecule is C=C/C(=C\C=C(/C)C(=O)Nc1ccccc1)N=Nc1ccccc1. The second-order valence-electron chi connectivity index (χ2n) is 5.00. The summed E-state index contributed by atoms with van der Waals surface area (Å²) in [5.41, 5.74) is 2.65. The van der Waals surface area contributed by atoms with Crippen LogP contribution in [0.15, 0.2) is 107 Å². The third kappa shape index (κ3) is 5.50. The zero-order chi connectivity index (χ0) is 17.2. The molecule has 2 aromatic carbocycles. The number of anilines is 1. The van der Waals surface area contributed by atoms with E-state index in [1.807, 2.05) is 60.7 Å². The third-order valence-electron chi connectivity index (χ3n) is 3.14. The van der Waals surface area contributed by atoms with Crippen LogP contribution in [0.4, 0.5) is 11.4 Å². The smallest absolute Gasteiger partial charge is 0.251 e. The first-order valence-corrected chi connectivity index (χ1v) is 7.53. The third-order valence-corrected chi connectivity index (χ3v) is 3.14. The molecule has 0 aromatic heterocycles. The molecule has 4 nitrogen and oxygen atoms in total. The fourth-order valence-electron chi connectivity index (χ4n) is 1.79. The number of nitrogens with one attached hydrogen (secondary N) is 1. The van der Waals surface area contributed by atoms with Crippen molar-refractivity contribution >= 4 is 17.3 Å². The van der Waals surface area contributed by atoms with Crippen LogP contribution in [0.5, 0.6) is 0 Å². The lowest BCUT2D eigenvalue weighted by atomic mass is 10.2. The van der Waals surface area contributed by atoms with E-state index in [9.17, 15) is 4.79 Å². The molecular formula is C20H19N3O. The highest BCUT2D eigenvalue weighted by Crippen LogP contribution is 2.13. The van der Waals surface area contributed by atoms with Gasteiger partial charge in [-0.2, -0.15) is 10.2 Å².